The van der Waals surface area contributed by atoms with Gasteiger partial charge in [0.2, 0.25) is 5.91 Å². The molecule has 23 heavy (non-hydrogen) atoms. The molecule has 1 unspecified atom stereocenters. The molecule has 3 nitrogen and oxygen atoms in total. The molecule has 4 heteroatoms. The van der Waals surface area contributed by atoms with Crippen LogP contribution in [0.2, 0.25) is 5.02 Å². The van der Waals surface area contributed by atoms with Crippen LogP contribution in [0.1, 0.15) is 25.5 Å². The first kappa shape index (κ1) is 15.6. The van der Waals surface area contributed by atoms with Gasteiger partial charge in [-0.3, -0.25) is 4.79 Å². The van der Waals surface area contributed by atoms with Crippen molar-refractivity contribution in [3.05, 3.63) is 65.3 Å². The number of carbonyl (C=O) groups is 1. The van der Waals surface area contributed by atoms with Crippen molar-refractivity contribution in [3.63, 3.8) is 0 Å². The van der Waals surface area contributed by atoms with E-state index < -0.39 is 0 Å². The van der Waals surface area contributed by atoms with E-state index in [1.165, 1.54) is 5.56 Å². The van der Waals surface area contributed by atoms with Crippen molar-refractivity contribution in [3.8, 4) is 0 Å². The minimum atomic E-state index is -0.306. The van der Waals surface area contributed by atoms with Crippen molar-refractivity contribution < 1.29 is 4.79 Å². The van der Waals surface area contributed by atoms with Crippen LogP contribution >= 0.6 is 11.6 Å². The summed E-state index contributed by atoms with van der Waals surface area (Å²) in [5, 5.41) is 4.70. The standard InChI is InChI=1S/C19H19ClN2O/c1-3-14-4-7-17(8-5-14)21-19(23)13(2)22-11-10-15-12-16(20)6-9-18(15)22/h4-13H,3H2,1-2H3,(H,21,23). The largest absolute Gasteiger partial charge is 0.335 e. The predicted molar refractivity (Wildman–Crippen MR) is 96.1 cm³/mol. The van der Waals surface area contributed by atoms with Crippen molar-refractivity contribution in [1.82, 2.24) is 4.57 Å². The molecule has 1 atom stereocenters. The van der Waals surface area contributed by atoms with Gasteiger partial charge in [-0.15, -0.1) is 0 Å². The van der Waals surface area contributed by atoms with Crippen LogP contribution in [0.3, 0.4) is 0 Å². The third-order valence-electron chi connectivity index (χ3n) is 4.11. The van der Waals surface area contributed by atoms with Crippen LogP contribution in [0.5, 0.6) is 0 Å². The summed E-state index contributed by atoms with van der Waals surface area (Å²) in [6.45, 7) is 4.00. The van der Waals surface area contributed by atoms with E-state index in [1.54, 1.807) is 0 Å². The topological polar surface area (TPSA) is 34.0 Å². The van der Waals surface area contributed by atoms with Gasteiger partial charge in [-0.1, -0.05) is 30.7 Å². The highest BCUT2D eigenvalue weighted by molar-refractivity contribution is 6.31. The summed E-state index contributed by atoms with van der Waals surface area (Å²) in [6.07, 6.45) is 2.91. The first-order chi connectivity index (χ1) is 11.1. The maximum atomic E-state index is 12.5. The zero-order valence-corrected chi connectivity index (χ0v) is 14.0. The quantitative estimate of drug-likeness (QED) is 0.714. The molecule has 1 N–H and O–H groups in total. The molecule has 118 valence electrons. The molecule has 0 radical (unpaired) electrons. The Balaban J connectivity index is 1.80. The fourth-order valence-electron chi connectivity index (χ4n) is 2.67. The molecule has 1 heterocycles. The predicted octanol–water partition coefficient (Wildman–Crippen LogP) is 5.06. The van der Waals surface area contributed by atoms with Crippen LogP contribution in [0.4, 0.5) is 5.69 Å². The highest BCUT2D eigenvalue weighted by atomic mass is 35.5. The zero-order valence-electron chi connectivity index (χ0n) is 13.2. The molecule has 0 saturated carbocycles. The van der Waals surface area contributed by atoms with Crippen LogP contribution in [0, 0.1) is 0 Å². The minimum absolute atomic E-state index is 0.0401. The molecule has 3 rings (SSSR count). The lowest BCUT2D eigenvalue weighted by Gasteiger charge is -2.15. The number of nitrogens with one attached hydrogen (secondary N) is 1. The Kier molecular flexibility index (Phi) is 4.39. The van der Waals surface area contributed by atoms with E-state index in [1.807, 2.05) is 66.2 Å². The van der Waals surface area contributed by atoms with Crippen LogP contribution in [0.25, 0.3) is 10.9 Å². The lowest BCUT2D eigenvalue weighted by Crippen LogP contribution is -2.23. The number of aryl methyl sites for hydroxylation is 1. The summed E-state index contributed by atoms with van der Waals surface area (Å²) in [7, 11) is 0. The maximum absolute atomic E-state index is 12.5. The summed E-state index contributed by atoms with van der Waals surface area (Å²) in [5.41, 5.74) is 3.07. The molecular formula is C19H19ClN2O. The third-order valence-corrected chi connectivity index (χ3v) is 4.34. The molecule has 0 fully saturated rings. The van der Waals surface area contributed by atoms with Crippen molar-refractivity contribution in [2.24, 2.45) is 0 Å². The smallest absolute Gasteiger partial charge is 0.247 e. The number of benzene rings is 2. The van der Waals surface area contributed by atoms with Gasteiger partial charge in [0, 0.05) is 27.8 Å². The highest BCUT2D eigenvalue weighted by Gasteiger charge is 2.16. The number of halogens is 1. The second kappa shape index (κ2) is 6.47. The molecule has 3 aromatic rings. The van der Waals surface area contributed by atoms with Crippen LogP contribution in [-0.2, 0) is 11.2 Å². The van der Waals surface area contributed by atoms with E-state index in [0.717, 1.165) is 23.0 Å². The number of amides is 1. The van der Waals surface area contributed by atoms with Gasteiger partial charge in [0.25, 0.3) is 0 Å². The zero-order chi connectivity index (χ0) is 16.4. The van der Waals surface area contributed by atoms with Crippen LogP contribution in [0.15, 0.2) is 54.7 Å². The van der Waals surface area contributed by atoms with Gasteiger partial charge < -0.3 is 9.88 Å². The van der Waals surface area contributed by atoms with E-state index in [0.29, 0.717) is 5.02 Å². The van der Waals surface area contributed by atoms with Crippen LogP contribution in [-0.4, -0.2) is 10.5 Å². The minimum Gasteiger partial charge on any atom is -0.335 e. The van der Waals surface area contributed by atoms with E-state index in [-0.39, 0.29) is 11.9 Å². The molecule has 1 aromatic heterocycles. The number of carbonyl (C=O) groups excluding carboxylic acids is 1. The average molecular weight is 327 g/mol. The van der Waals surface area contributed by atoms with Crippen molar-refractivity contribution in [1.29, 1.82) is 0 Å². The fourth-order valence-corrected chi connectivity index (χ4v) is 2.85. The number of nitrogens with zero attached hydrogens (tertiary/aromatic N) is 1. The van der Waals surface area contributed by atoms with Gasteiger partial charge in [0.15, 0.2) is 0 Å². The Bertz CT molecular complexity index is 836. The molecule has 0 saturated heterocycles. The molecule has 0 aliphatic rings. The first-order valence-corrected chi connectivity index (χ1v) is 8.12. The van der Waals surface area contributed by atoms with Gasteiger partial charge in [-0.05, 0) is 55.3 Å². The Morgan fingerprint density at radius 1 is 1.17 bits per heavy atom. The summed E-state index contributed by atoms with van der Waals surface area (Å²) < 4.78 is 1.96. The monoisotopic (exact) mass is 326 g/mol. The Labute approximate surface area is 140 Å². The molecular weight excluding hydrogens is 308 g/mol. The van der Waals surface area contributed by atoms with Gasteiger partial charge in [0.05, 0.1) is 0 Å². The Morgan fingerprint density at radius 2 is 1.91 bits per heavy atom. The number of hydrogen-bond acceptors (Lipinski definition) is 1. The SMILES string of the molecule is CCc1ccc(NC(=O)C(C)n2ccc3cc(Cl)ccc32)cc1. The van der Waals surface area contributed by atoms with Gasteiger partial charge >= 0.3 is 0 Å². The molecule has 0 spiro atoms. The first-order valence-electron chi connectivity index (χ1n) is 7.74. The Hall–Kier alpha value is -2.26. The maximum Gasteiger partial charge on any atom is 0.247 e. The Morgan fingerprint density at radius 3 is 2.61 bits per heavy atom. The number of rotatable bonds is 4. The number of anilines is 1. The van der Waals surface area contributed by atoms with Crippen LogP contribution < -0.4 is 5.32 Å². The fraction of sp³-hybridized carbons (Fsp3) is 0.211. The number of hydrogen-bond donors (Lipinski definition) is 1. The van der Waals surface area contributed by atoms with Crippen molar-refractivity contribution in [2.75, 3.05) is 5.32 Å². The molecule has 2 aromatic carbocycles. The number of aromatic nitrogens is 1. The summed E-state index contributed by atoms with van der Waals surface area (Å²) >= 11 is 6.01. The van der Waals surface area contributed by atoms with Gasteiger partial charge in [-0.2, -0.15) is 0 Å². The molecule has 0 bridgehead atoms. The second-order valence-electron chi connectivity index (χ2n) is 5.64. The van der Waals surface area contributed by atoms with Crippen molar-refractivity contribution >= 4 is 34.1 Å². The van der Waals surface area contributed by atoms with E-state index >= 15 is 0 Å². The summed E-state index contributed by atoms with van der Waals surface area (Å²) in [6, 6.07) is 15.3. The molecule has 1 amide bonds. The van der Waals surface area contributed by atoms with E-state index in [2.05, 4.69) is 12.2 Å². The normalized spacial score (nSPS) is 12.3. The number of fused-ring (bicyclic) bond motifs is 1. The lowest BCUT2D eigenvalue weighted by atomic mass is 10.1. The molecule has 0 aliphatic heterocycles. The molecule has 0 aliphatic carbocycles. The average Bonchev–Trinajstić information content (AvgIpc) is 2.97. The third kappa shape index (κ3) is 3.25. The summed E-state index contributed by atoms with van der Waals surface area (Å²) in [4.78, 5) is 12.5. The van der Waals surface area contributed by atoms with E-state index in [4.69, 9.17) is 11.6 Å². The van der Waals surface area contributed by atoms with Gasteiger partial charge in [-0.25, -0.2) is 0 Å². The van der Waals surface area contributed by atoms with Crippen molar-refractivity contribution in [2.45, 2.75) is 26.3 Å². The van der Waals surface area contributed by atoms with E-state index in [9.17, 15) is 4.79 Å². The summed E-state index contributed by atoms with van der Waals surface area (Å²) in [5.74, 6) is -0.0401. The lowest BCUT2D eigenvalue weighted by molar-refractivity contribution is -0.118. The second-order valence-corrected chi connectivity index (χ2v) is 6.08. The highest BCUT2D eigenvalue weighted by Crippen LogP contribution is 2.24. The van der Waals surface area contributed by atoms with Gasteiger partial charge in [0.1, 0.15) is 6.04 Å².